The van der Waals surface area contributed by atoms with Crippen molar-refractivity contribution < 1.29 is 4.74 Å². The zero-order valence-corrected chi connectivity index (χ0v) is 13.8. The second-order valence-corrected chi connectivity index (χ2v) is 7.93. The van der Waals surface area contributed by atoms with Crippen LogP contribution in [0.3, 0.4) is 0 Å². The van der Waals surface area contributed by atoms with Crippen molar-refractivity contribution in [3.63, 3.8) is 0 Å². The number of piperazine rings is 1. The van der Waals surface area contributed by atoms with Crippen molar-refractivity contribution >= 4 is 5.69 Å². The highest BCUT2D eigenvalue weighted by atomic mass is 16.5. The summed E-state index contributed by atoms with van der Waals surface area (Å²) in [5.41, 5.74) is 1.54. The van der Waals surface area contributed by atoms with E-state index in [-0.39, 0.29) is 5.54 Å². The Morgan fingerprint density at radius 2 is 1.77 bits per heavy atom. The van der Waals surface area contributed by atoms with Crippen LogP contribution in [0.25, 0.3) is 0 Å². The molecule has 0 unspecified atom stereocenters. The lowest BCUT2D eigenvalue weighted by molar-refractivity contribution is 0.199. The Labute approximate surface area is 134 Å². The van der Waals surface area contributed by atoms with Gasteiger partial charge in [0.05, 0.1) is 6.10 Å². The molecule has 1 N–H and O–H groups in total. The topological polar surface area (TPSA) is 24.5 Å². The van der Waals surface area contributed by atoms with Crippen LogP contribution >= 0.6 is 0 Å². The Morgan fingerprint density at radius 3 is 2.50 bits per heavy atom. The molecule has 0 radical (unpaired) electrons. The lowest BCUT2D eigenvalue weighted by Gasteiger charge is -2.52. The van der Waals surface area contributed by atoms with Gasteiger partial charge in [0.15, 0.2) is 0 Å². The molecular formula is C19H28N2O. The summed E-state index contributed by atoms with van der Waals surface area (Å²) in [6.45, 7) is 5.74. The van der Waals surface area contributed by atoms with E-state index in [9.17, 15) is 0 Å². The van der Waals surface area contributed by atoms with Crippen LogP contribution in [-0.4, -0.2) is 30.3 Å². The number of benzene rings is 1. The SMILES string of the molecule is CC1(C)CN(c2ccc(OC3CC3)cc2)[C@@H]2CCCC[C@H]2N1. The largest absolute Gasteiger partial charge is 0.490 e. The molecule has 0 aromatic heterocycles. The monoisotopic (exact) mass is 300 g/mol. The van der Waals surface area contributed by atoms with E-state index in [1.54, 1.807) is 0 Å². The van der Waals surface area contributed by atoms with Crippen LogP contribution < -0.4 is 15.0 Å². The average Bonchev–Trinajstić information content (AvgIpc) is 3.30. The molecule has 2 saturated carbocycles. The predicted molar refractivity (Wildman–Crippen MR) is 90.7 cm³/mol. The third-order valence-electron chi connectivity index (χ3n) is 5.27. The molecule has 1 aliphatic heterocycles. The number of fused-ring (bicyclic) bond motifs is 1. The van der Waals surface area contributed by atoms with Crippen molar-refractivity contribution in [3.05, 3.63) is 24.3 Å². The molecule has 4 rings (SSSR count). The fourth-order valence-corrected chi connectivity index (χ4v) is 4.12. The van der Waals surface area contributed by atoms with Gasteiger partial charge in [-0.05, 0) is 63.8 Å². The van der Waals surface area contributed by atoms with E-state index < -0.39 is 0 Å². The summed E-state index contributed by atoms with van der Waals surface area (Å²) in [6.07, 6.45) is 8.28. The Morgan fingerprint density at radius 1 is 1.05 bits per heavy atom. The second-order valence-electron chi connectivity index (χ2n) is 7.93. The molecule has 120 valence electrons. The first-order chi connectivity index (χ1) is 10.6. The molecule has 0 bridgehead atoms. The second kappa shape index (κ2) is 5.45. The zero-order chi connectivity index (χ0) is 15.2. The normalized spacial score (nSPS) is 30.7. The van der Waals surface area contributed by atoms with Gasteiger partial charge in [-0.25, -0.2) is 0 Å². The van der Waals surface area contributed by atoms with E-state index in [1.807, 2.05) is 0 Å². The summed E-state index contributed by atoms with van der Waals surface area (Å²) >= 11 is 0. The van der Waals surface area contributed by atoms with Crippen molar-refractivity contribution in [1.82, 2.24) is 5.32 Å². The minimum absolute atomic E-state index is 0.182. The summed E-state index contributed by atoms with van der Waals surface area (Å²) in [6, 6.07) is 10.1. The first-order valence-electron chi connectivity index (χ1n) is 8.92. The van der Waals surface area contributed by atoms with Gasteiger partial charge < -0.3 is 15.0 Å². The van der Waals surface area contributed by atoms with Gasteiger partial charge in [-0.15, -0.1) is 0 Å². The number of hydrogen-bond donors (Lipinski definition) is 1. The van der Waals surface area contributed by atoms with Gasteiger partial charge in [0.2, 0.25) is 0 Å². The van der Waals surface area contributed by atoms with Gasteiger partial charge in [-0.1, -0.05) is 12.8 Å². The van der Waals surface area contributed by atoms with Crippen molar-refractivity contribution in [3.8, 4) is 5.75 Å². The predicted octanol–water partition coefficient (Wildman–Crippen LogP) is 3.73. The lowest BCUT2D eigenvalue weighted by Crippen LogP contribution is -2.67. The van der Waals surface area contributed by atoms with Crippen LogP contribution in [0.15, 0.2) is 24.3 Å². The van der Waals surface area contributed by atoms with Gasteiger partial charge in [-0.2, -0.15) is 0 Å². The number of nitrogens with one attached hydrogen (secondary N) is 1. The standard InChI is InChI=1S/C19H28N2O/c1-19(2)13-21(18-6-4-3-5-17(18)20-19)14-7-9-15(10-8-14)22-16-11-12-16/h7-10,16-18,20H,3-6,11-13H2,1-2H3/t17-,18-/m1/s1. The van der Waals surface area contributed by atoms with Crippen LogP contribution in [0.4, 0.5) is 5.69 Å². The summed E-state index contributed by atoms with van der Waals surface area (Å²) < 4.78 is 5.88. The summed E-state index contributed by atoms with van der Waals surface area (Å²) in [5.74, 6) is 1.03. The maximum absolute atomic E-state index is 5.88. The lowest BCUT2D eigenvalue weighted by atomic mass is 9.83. The first kappa shape index (κ1) is 14.4. The minimum atomic E-state index is 0.182. The van der Waals surface area contributed by atoms with Gasteiger partial charge in [-0.3, -0.25) is 0 Å². The van der Waals surface area contributed by atoms with E-state index in [0.717, 1.165) is 12.3 Å². The van der Waals surface area contributed by atoms with Crippen molar-refractivity contribution in [2.45, 2.75) is 76.1 Å². The third-order valence-corrected chi connectivity index (χ3v) is 5.27. The fraction of sp³-hybridized carbons (Fsp3) is 0.684. The summed E-state index contributed by atoms with van der Waals surface area (Å²) in [7, 11) is 0. The van der Waals surface area contributed by atoms with Gasteiger partial charge in [0.25, 0.3) is 0 Å². The van der Waals surface area contributed by atoms with Crippen LogP contribution in [0.5, 0.6) is 5.75 Å². The average molecular weight is 300 g/mol. The Kier molecular flexibility index (Phi) is 3.56. The zero-order valence-electron chi connectivity index (χ0n) is 13.8. The molecule has 0 amide bonds. The maximum Gasteiger partial charge on any atom is 0.119 e. The van der Waals surface area contributed by atoms with E-state index in [4.69, 9.17) is 4.74 Å². The van der Waals surface area contributed by atoms with Gasteiger partial charge >= 0.3 is 0 Å². The summed E-state index contributed by atoms with van der Waals surface area (Å²) in [4.78, 5) is 2.64. The molecule has 3 nitrogen and oxygen atoms in total. The quantitative estimate of drug-likeness (QED) is 0.920. The molecule has 1 heterocycles. The fourth-order valence-electron chi connectivity index (χ4n) is 4.12. The molecular weight excluding hydrogens is 272 g/mol. The molecule has 2 atom stereocenters. The maximum atomic E-state index is 5.88. The Hall–Kier alpha value is -1.22. The first-order valence-corrected chi connectivity index (χ1v) is 8.92. The molecule has 1 aromatic carbocycles. The molecule has 3 heteroatoms. The number of ether oxygens (including phenoxy) is 1. The Bertz CT molecular complexity index is 521. The van der Waals surface area contributed by atoms with Crippen molar-refractivity contribution in [2.24, 2.45) is 0 Å². The number of nitrogens with zero attached hydrogens (tertiary/aromatic N) is 1. The van der Waals surface area contributed by atoms with Crippen LogP contribution in [0, 0.1) is 0 Å². The van der Waals surface area contributed by atoms with E-state index in [0.29, 0.717) is 18.2 Å². The number of anilines is 1. The molecule has 2 aliphatic carbocycles. The van der Waals surface area contributed by atoms with E-state index >= 15 is 0 Å². The minimum Gasteiger partial charge on any atom is -0.490 e. The van der Waals surface area contributed by atoms with Crippen LogP contribution in [0.1, 0.15) is 52.4 Å². The van der Waals surface area contributed by atoms with Crippen LogP contribution in [-0.2, 0) is 0 Å². The summed E-state index contributed by atoms with van der Waals surface area (Å²) in [5, 5.41) is 3.87. The molecule has 3 fully saturated rings. The Balaban J connectivity index is 1.55. The smallest absolute Gasteiger partial charge is 0.119 e. The highest BCUT2D eigenvalue weighted by molar-refractivity contribution is 5.51. The van der Waals surface area contributed by atoms with Gasteiger partial charge in [0, 0.05) is 29.9 Å². The van der Waals surface area contributed by atoms with E-state index in [1.165, 1.54) is 44.2 Å². The van der Waals surface area contributed by atoms with Crippen molar-refractivity contribution in [1.29, 1.82) is 0 Å². The van der Waals surface area contributed by atoms with Crippen molar-refractivity contribution in [2.75, 3.05) is 11.4 Å². The van der Waals surface area contributed by atoms with E-state index in [2.05, 4.69) is 48.3 Å². The van der Waals surface area contributed by atoms with Crippen LogP contribution in [0.2, 0.25) is 0 Å². The van der Waals surface area contributed by atoms with Gasteiger partial charge in [0.1, 0.15) is 5.75 Å². The third kappa shape index (κ3) is 2.96. The molecule has 3 aliphatic rings. The molecule has 1 saturated heterocycles. The number of rotatable bonds is 3. The molecule has 1 aromatic rings. The molecule has 22 heavy (non-hydrogen) atoms. The highest BCUT2D eigenvalue weighted by Crippen LogP contribution is 2.35. The number of hydrogen-bond acceptors (Lipinski definition) is 3. The highest BCUT2D eigenvalue weighted by Gasteiger charge is 2.40. The molecule has 0 spiro atoms.